The van der Waals surface area contributed by atoms with Crippen LogP contribution in [-0.2, 0) is 0 Å². The van der Waals surface area contributed by atoms with Crippen molar-refractivity contribution < 1.29 is 4.52 Å². The maximum atomic E-state index is 4.81. The maximum Gasteiger partial charge on any atom is 0.187 e. The van der Waals surface area contributed by atoms with Crippen LogP contribution in [0.1, 0.15) is 5.56 Å². The van der Waals surface area contributed by atoms with E-state index in [9.17, 15) is 0 Å². The van der Waals surface area contributed by atoms with E-state index in [1.165, 1.54) is 5.56 Å². The Morgan fingerprint density at radius 2 is 2.30 bits per heavy atom. The number of nitrogens with zero attached hydrogens (tertiary/aromatic N) is 2. The van der Waals surface area contributed by atoms with Gasteiger partial charge in [0.25, 0.3) is 0 Å². The fraction of sp³-hybridized carbons (Fsp3) is 0.143. The van der Waals surface area contributed by atoms with Crippen LogP contribution in [0.3, 0.4) is 0 Å². The summed E-state index contributed by atoms with van der Waals surface area (Å²) in [5, 5.41) is 7.18. The first-order chi connectivity index (χ1) is 4.86. The summed E-state index contributed by atoms with van der Waals surface area (Å²) >= 11 is 0. The molecule has 0 spiro atoms. The number of aryl methyl sites for hydroxylation is 1. The Morgan fingerprint density at radius 3 is 3.20 bits per heavy atom. The Bertz CT molecular complexity index is 353. The topological polar surface area (TPSA) is 38.9 Å². The van der Waals surface area contributed by atoms with Crippen LogP contribution >= 0.6 is 0 Å². The van der Waals surface area contributed by atoms with Crippen molar-refractivity contribution in [2.45, 2.75) is 6.92 Å². The molecule has 3 heteroatoms. The third-order valence-corrected chi connectivity index (χ3v) is 1.40. The summed E-state index contributed by atoms with van der Waals surface area (Å²) in [4.78, 5) is 0. The number of fused-ring (bicyclic) bond motifs is 1. The lowest BCUT2D eigenvalue weighted by Crippen LogP contribution is -1.70. The molecule has 0 aliphatic rings. The Balaban J connectivity index is 2.86. The molecule has 2 aromatic rings. The Labute approximate surface area is 57.6 Å². The zero-order chi connectivity index (χ0) is 6.97. The smallest absolute Gasteiger partial charge is 0.187 e. The minimum atomic E-state index is 0.741. The van der Waals surface area contributed by atoms with Gasteiger partial charge in [-0.3, -0.25) is 0 Å². The molecule has 50 valence electrons. The van der Waals surface area contributed by atoms with Gasteiger partial charge < -0.3 is 4.52 Å². The molecule has 0 bridgehead atoms. The highest BCUT2D eigenvalue weighted by molar-refractivity contribution is 5.71. The first kappa shape index (κ1) is 5.41. The second-order valence-corrected chi connectivity index (χ2v) is 2.24. The fourth-order valence-corrected chi connectivity index (χ4v) is 0.891. The molecule has 0 aliphatic carbocycles. The van der Waals surface area contributed by atoms with Crippen molar-refractivity contribution >= 4 is 11.1 Å². The molecule has 0 fully saturated rings. The summed E-state index contributed by atoms with van der Waals surface area (Å²) < 4.78 is 4.81. The number of hydrogen-bond acceptors (Lipinski definition) is 3. The normalized spacial score (nSPS) is 10.5. The quantitative estimate of drug-likeness (QED) is 0.548. The van der Waals surface area contributed by atoms with Gasteiger partial charge in [-0.1, -0.05) is 6.07 Å². The van der Waals surface area contributed by atoms with Crippen LogP contribution in [0.4, 0.5) is 0 Å². The second kappa shape index (κ2) is 1.80. The van der Waals surface area contributed by atoms with Crippen LogP contribution in [-0.4, -0.2) is 10.4 Å². The Hall–Kier alpha value is -1.38. The van der Waals surface area contributed by atoms with Gasteiger partial charge in [0.1, 0.15) is 5.52 Å². The molecular weight excluding hydrogens is 128 g/mol. The minimum absolute atomic E-state index is 0.741. The summed E-state index contributed by atoms with van der Waals surface area (Å²) in [6.07, 6.45) is 0. The lowest BCUT2D eigenvalue weighted by molar-refractivity contribution is 0.424. The van der Waals surface area contributed by atoms with Crippen molar-refractivity contribution in [3.05, 3.63) is 23.8 Å². The van der Waals surface area contributed by atoms with Gasteiger partial charge in [0.05, 0.1) is 0 Å². The number of hydrogen-bond donors (Lipinski definition) is 0. The van der Waals surface area contributed by atoms with E-state index in [0.29, 0.717) is 0 Å². The van der Waals surface area contributed by atoms with Gasteiger partial charge in [0, 0.05) is 5.27 Å². The van der Waals surface area contributed by atoms with E-state index in [0.717, 1.165) is 11.1 Å². The molecule has 0 saturated carbocycles. The highest BCUT2D eigenvalue weighted by Crippen LogP contribution is 2.10. The van der Waals surface area contributed by atoms with Crippen LogP contribution in [0.15, 0.2) is 22.7 Å². The van der Waals surface area contributed by atoms with Crippen LogP contribution in [0.25, 0.3) is 11.1 Å². The monoisotopic (exact) mass is 134 g/mol. The van der Waals surface area contributed by atoms with Gasteiger partial charge in [0.2, 0.25) is 0 Å². The standard InChI is InChI=1S/C7H6N2O/c1-5-2-3-7-6(4-5)8-9-10-7/h2-4H,1H3. The molecule has 3 nitrogen and oxygen atoms in total. The maximum absolute atomic E-state index is 4.81. The van der Waals surface area contributed by atoms with Gasteiger partial charge in [-0.25, -0.2) is 0 Å². The predicted octanol–water partition coefficient (Wildman–Crippen LogP) is 1.53. The summed E-state index contributed by atoms with van der Waals surface area (Å²) in [6.45, 7) is 2.01. The van der Waals surface area contributed by atoms with Crippen LogP contribution in [0.5, 0.6) is 0 Å². The van der Waals surface area contributed by atoms with Gasteiger partial charge in [-0.2, -0.15) is 0 Å². The van der Waals surface area contributed by atoms with E-state index < -0.39 is 0 Å². The highest BCUT2D eigenvalue weighted by atomic mass is 16.5. The third kappa shape index (κ3) is 0.673. The molecule has 10 heavy (non-hydrogen) atoms. The second-order valence-electron chi connectivity index (χ2n) is 2.24. The molecule has 0 radical (unpaired) electrons. The van der Waals surface area contributed by atoms with Crippen molar-refractivity contribution in [1.29, 1.82) is 0 Å². The third-order valence-electron chi connectivity index (χ3n) is 1.40. The summed E-state index contributed by atoms with van der Waals surface area (Å²) in [7, 11) is 0. The number of benzene rings is 1. The largest absolute Gasteiger partial charge is 0.337 e. The van der Waals surface area contributed by atoms with E-state index in [4.69, 9.17) is 4.52 Å². The molecule has 1 heterocycles. The van der Waals surface area contributed by atoms with Crippen LogP contribution < -0.4 is 0 Å². The highest BCUT2D eigenvalue weighted by Gasteiger charge is 1.96. The molecule has 0 unspecified atom stereocenters. The van der Waals surface area contributed by atoms with Gasteiger partial charge in [0.15, 0.2) is 5.58 Å². The van der Waals surface area contributed by atoms with Crippen molar-refractivity contribution in [2.75, 3.05) is 0 Å². The van der Waals surface area contributed by atoms with E-state index in [1.807, 2.05) is 25.1 Å². The average molecular weight is 134 g/mol. The van der Waals surface area contributed by atoms with Crippen molar-refractivity contribution in [3.63, 3.8) is 0 Å². The van der Waals surface area contributed by atoms with E-state index in [-0.39, 0.29) is 0 Å². The molecule has 0 aliphatic heterocycles. The molecule has 1 aromatic heterocycles. The number of rotatable bonds is 0. The number of aromatic nitrogens is 2. The van der Waals surface area contributed by atoms with Gasteiger partial charge >= 0.3 is 0 Å². The molecule has 0 amide bonds. The summed E-state index contributed by atoms with van der Waals surface area (Å²) in [5.41, 5.74) is 2.73. The molecule has 0 saturated heterocycles. The lowest BCUT2D eigenvalue weighted by Gasteiger charge is -1.85. The average Bonchev–Trinajstić information content (AvgIpc) is 2.33. The van der Waals surface area contributed by atoms with Crippen LogP contribution in [0.2, 0.25) is 0 Å². The van der Waals surface area contributed by atoms with E-state index in [2.05, 4.69) is 10.4 Å². The molecule has 2 rings (SSSR count). The zero-order valence-electron chi connectivity index (χ0n) is 5.53. The van der Waals surface area contributed by atoms with Crippen molar-refractivity contribution in [3.8, 4) is 0 Å². The summed E-state index contributed by atoms with van der Waals surface area (Å²) in [6, 6.07) is 5.77. The van der Waals surface area contributed by atoms with Gasteiger partial charge in [-0.15, -0.1) is 5.10 Å². The molecule has 1 aromatic carbocycles. The molecular formula is C7H6N2O. The fourth-order valence-electron chi connectivity index (χ4n) is 0.891. The zero-order valence-corrected chi connectivity index (χ0v) is 5.53. The SMILES string of the molecule is Cc1ccc2onnc2c1. The molecule has 0 atom stereocenters. The van der Waals surface area contributed by atoms with Crippen molar-refractivity contribution in [1.82, 2.24) is 10.4 Å². The lowest BCUT2D eigenvalue weighted by atomic mass is 10.2. The van der Waals surface area contributed by atoms with E-state index >= 15 is 0 Å². The predicted molar refractivity (Wildman–Crippen MR) is 36.5 cm³/mol. The van der Waals surface area contributed by atoms with Crippen LogP contribution in [0, 0.1) is 6.92 Å². The van der Waals surface area contributed by atoms with Gasteiger partial charge in [-0.05, 0) is 24.6 Å². The Kier molecular flexibility index (Phi) is 0.974. The summed E-state index contributed by atoms with van der Waals surface area (Å²) in [5.74, 6) is 0. The minimum Gasteiger partial charge on any atom is -0.337 e. The molecule has 0 N–H and O–H groups in total. The Morgan fingerprint density at radius 1 is 1.40 bits per heavy atom. The first-order valence-corrected chi connectivity index (χ1v) is 3.05. The first-order valence-electron chi connectivity index (χ1n) is 3.05. The van der Waals surface area contributed by atoms with Crippen molar-refractivity contribution in [2.24, 2.45) is 0 Å². The van der Waals surface area contributed by atoms with E-state index in [1.54, 1.807) is 0 Å².